The summed E-state index contributed by atoms with van der Waals surface area (Å²) in [6.07, 6.45) is 2.47. The monoisotopic (exact) mass is 484 g/mol. The van der Waals surface area contributed by atoms with E-state index in [2.05, 4.69) is 20.6 Å². The van der Waals surface area contributed by atoms with Gasteiger partial charge in [-0.3, -0.25) is 4.79 Å². The molecule has 0 saturated carbocycles. The summed E-state index contributed by atoms with van der Waals surface area (Å²) in [5, 5.41) is 6.20. The normalized spacial score (nSPS) is 10.4. The maximum absolute atomic E-state index is 12.7. The van der Waals surface area contributed by atoms with Gasteiger partial charge in [-0.2, -0.15) is 0 Å². The van der Waals surface area contributed by atoms with Gasteiger partial charge >= 0.3 is 0 Å². The number of nitrogens with one attached hydrogen (secondary N) is 2. The third-order valence-electron chi connectivity index (χ3n) is 5.55. The van der Waals surface area contributed by atoms with Crippen molar-refractivity contribution in [3.63, 3.8) is 0 Å². The highest BCUT2D eigenvalue weighted by Crippen LogP contribution is 2.28. The Kier molecular flexibility index (Phi) is 7.97. The molecule has 4 aromatic rings. The summed E-state index contributed by atoms with van der Waals surface area (Å²) in [7, 11) is 4.81. The summed E-state index contributed by atoms with van der Waals surface area (Å²) in [6, 6.07) is 22.3. The van der Waals surface area contributed by atoms with Gasteiger partial charge in [-0.25, -0.2) is 9.97 Å². The van der Waals surface area contributed by atoms with E-state index >= 15 is 0 Å². The van der Waals surface area contributed by atoms with Gasteiger partial charge in [0.2, 0.25) is 5.95 Å². The molecule has 0 fully saturated rings. The second-order valence-corrected chi connectivity index (χ2v) is 7.90. The van der Waals surface area contributed by atoms with Crippen LogP contribution < -0.4 is 24.8 Å². The van der Waals surface area contributed by atoms with Crippen LogP contribution in [0.5, 0.6) is 17.2 Å². The van der Waals surface area contributed by atoms with E-state index < -0.39 is 0 Å². The topological polar surface area (TPSA) is 94.6 Å². The first-order valence-electron chi connectivity index (χ1n) is 11.4. The maximum Gasteiger partial charge on any atom is 0.255 e. The summed E-state index contributed by atoms with van der Waals surface area (Å²) < 4.78 is 15.9. The van der Waals surface area contributed by atoms with E-state index in [0.717, 1.165) is 23.2 Å². The Morgan fingerprint density at radius 3 is 2.50 bits per heavy atom. The molecule has 1 heterocycles. The molecule has 2 N–H and O–H groups in total. The van der Waals surface area contributed by atoms with Crippen molar-refractivity contribution < 1.29 is 19.0 Å². The molecule has 36 heavy (non-hydrogen) atoms. The standard InChI is InChI=1S/C28H28N4O4/c1-34-23-9-5-7-21(18-23)27(33)31-22-8-4-6-20(17-22)24-13-15-30-28(32-24)29-14-12-19-10-11-25(35-2)26(16-19)36-3/h4-11,13,15-18H,12,14H2,1-3H3,(H,31,33)(H,29,30,32). The number of rotatable bonds is 10. The lowest BCUT2D eigenvalue weighted by atomic mass is 10.1. The lowest BCUT2D eigenvalue weighted by molar-refractivity contribution is 0.102. The predicted octanol–water partition coefficient (Wildman–Crippen LogP) is 5.08. The first-order chi connectivity index (χ1) is 17.6. The zero-order chi connectivity index (χ0) is 25.3. The molecule has 0 spiro atoms. The largest absolute Gasteiger partial charge is 0.497 e. The van der Waals surface area contributed by atoms with Gasteiger partial charge in [0, 0.05) is 29.6 Å². The molecule has 0 aliphatic heterocycles. The van der Waals surface area contributed by atoms with E-state index in [1.807, 2.05) is 48.5 Å². The molecular formula is C28H28N4O4. The third-order valence-corrected chi connectivity index (χ3v) is 5.55. The quantitative estimate of drug-likeness (QED) is 0.324. The summed E-state index contributed by atoms with van der Waals surface area (Å²) in [6.45, 7) is 0.648. The molecule has 0 aliphatic rings. The minimum Gasteiger partial charge on any atom is -0.497 e. The van der Waals surface area contributed by atoms with E-state index in [0.29, 0.717) is 41.0 Å². The Bertz CT molecular complexity index is 1340. The number of benzene rings is 3. The summed E-state index contributed by atoms with van der Waals surface area (Å²) in [5.74, 6) is 2.34. The molecule has 0 atom stereocenters. The lowest BCUT2D eigenvalue weighted by Gasteiger charge is -2.11. The van der Waals surface area contributed by atoms with E-state index in [4.69, 9.17) is 14.2 Å². The summed E-state index contributed by atoms with van der Waals surface area (Å²) in [5.41, 5.74) is 3.90. The van der Waals surface area contributed by atoms with E-state index in [9.17, 15) is 4.79 Å². The van der Waals surface area contributed by atoms with Crippen LogP contribution in [0.25, 0.3) is 11.3 Å². The first-order valence-corrected chi connectivity index (χ1v) is 11.4. The Morgan fingerprint density at radius 2 is 1.69 bits per heavy atom. The molecule has 184 valence electrons. The molecule has 1 aromatic heterocycles. The zero-order valence-corrected chi connectivity index (χ0v) is 20.4. The van der Waals surface area contributed by atoms with Gasteiger partial charge in [0.15, 0.2) is 11.5 Å². The highest BCUT2D eigenvalue weighted by Gasteiger charge is 2.09. The number of hydrogen-bond donors (Lipinski definition) is 2. The van der Waals surface area contributed by atoms with Crippen LogP contribution in [0.4, 0.5) is 11.6 Å². The van der Waals surface area contributed by atoms with Crippen LogP contribution in [-0.2, 0) is 6.42 Å². The molecule has 3 aromatic carbocycles. The summed E-state index contributed by atoms with van der Waals surface area (Å²) >= 11 is 0. The van der Waals surface area contributed by atoms with Gasteiger partial charge in [0.1, 0.15) is 5.75 Å². The molecule has 0 radical (unpaired) electrons. The van der Waals surface area contributed by atoms with Crippen molar-refractivity contribution in [2.24, 2.45) is 0 Å². The molecule has 4 rings (SSSR count). The predicted molar refractivity (Wildman–Crippen MR) is 140 cm³/mol. The number of carbonyl (C=O) groups excluding carboxylic acids is 1. The van der Waals surface area contributed by atoms with Crippen molar-refractivity contribution >= 4 is 17.5 Å². The number of hydrogen-bond acceptors (Lipinski definition) is 7. The van der Waals surface area contributed by atoms with Crippen molar-refractivity contribution in [1.82, 2.24) is 9.97 Å². The number of amides is 1. The highest BCUT2D eigenvalue weighted by molar-refractivity contribution is 6.04. The van der Waals surface area contributed by atoms with Crippen LogP contribution in [0.15, 0.2) is 79.0 Å². The number of ether oxygens (including phenoxy) is 3. The van der Waals surface area contributed by atoms with E-state index in [1.165, 1.54) is 0 Å². The van der Waals surface area contributed by atoms with Crippen LogP contribution in [0.3, 0.4) is 0 Å². The van der Waals surface area contributed by atoms with Gasteiger partial charge in [0.25, 0.3) is 5.91 Å². The fourth-order valence-electron chi connectivity index (χ4n) is 3.68. The van der Waals surface area contributed by atoms with Crippen LogP contribution >= 0.6 is 0 Å². The fourth-order valence-corrected chi connectivity index (χ4v) is 3.68. The molecule has 0 bridgehead atoms. The second-order valence-electron chi connectivity index (χ2n) is 7.90. The second kappa shape index (κ2) is 11.7. The van der Waals surface area contributed by atoms with Gasteiger partial charge in [0.05, 0.1) is 27.0 Å². The van der Waals surface area contributed by atoms with Gasteiger partial charge in [-0.15, -0.1) is 0 Å². The smallest absolute Gasteiger partial charge is 0.255 e. The number of aromatic nitrogens is 2. The number of nitrogens with zero attached hydrogens (tertiary/aromatic N) is 2. The van der Waals surface area contributed by atoms with Crippen LogP contribution in [-0.4, -0.2) is 43.7 Å². The first kappa shape index (κ1) is 24.5. The fraction of sp³-hybridized carbons (Fsp3) is 0.179. The number of methoxy groups -OCH3 is 3. The molecule has 8 nitrogen and oxygen atoms in total. The van der Waals surface area contributed by atoms with Crippen molar-refractivity contribution in [3.8, 4) is 28.5 Å². The van der Waals surface area contributed by atoms with Crippen molar-refractivity contribution in [1.29, 1.82) is 0 Å². The van der Waals surface area contributed by atoms with Crippen LogP contribution in [0.1, 0.15) is 15.9 Å². The van der Waals surface area contributed by atoms with Crippen molar-refractivity contribution in [2.45, 2.75) is 6.42 Å². The third kappa shape index (κ3) is 6.09. The van der Waals surface area contributed by atoms with Gasteiger partial charge < -0.3 is 24.8 Å². The number of carbonyl (C=O) groups is 1. The van der Waals surface area contributed by atoms with Crippen molar-refractivity contribution in [2.75, 3.05) is 38.5 Å². The van der Waals surface area contributed by atoms with Crippen molar-refractivity contribution in [3.05, 3.63) is 90.1 Å². The minimum atomic E-state index is -0.216. The minimum absolute atomic E-state index is 0.216. The molecular weight excluding hydrogens is 456 g/mol. The molecule has 1 amide bonds. The average molecular weight is 485 g/mol. The summed E-state index contributed by atoms with van der Waals surface area (Å²) in [4.78, 5) is 21.7. The van der Waals surface area contributed by atoms with Crippen LogP contribution in [0, 0.1) is 0 Å². The Morgan fingerprint density at radius 1 is 0.861 bits per heavy atom. The molecule has 0 saturated heterocycles. The van der Waals surface area contributed by atoms with E-state index in [-0.39, 0.29) is 5.91 Å². The lowest BCUT2D eigenvalue weighted by Crippen LogP contribution is -2.12. The van der Waals surface area contributed by atoms with Gasteiger partial charge in [-0.05, 0) is 60.5 Å². The molecule has 8 heteroatoms. The molecule has 0 unspecified atom stereocenters. The SMILES string of the molecule is COc1cccc(C(=O)Nc2cccc(-c3ccnc(NCCc4ccc(OC)c(OC)c4)n3)c2)c1. The zero-order valence-electron chi connectivity index (χ0n) is 20.4. The van der Waals surface area contributed by atoms with Gasteiger partial charge in [-0.1, -0.05) is 24.3 Å². The number of anilines is 2. The Balaban J connectivity index is 1.41. The maximum atomic E-state index is 12.7. The highest BCUT2D eigenvalue weighted by atomic mass is 16.5. The Hall–Kier alpha value is -4.59. The average Bonchev–Trinajstić information content (AvgIpc) is 2.93. The van der Waals surface area contributed by atoms with Crippen LogP contribution in [0.2, 0.25) is 0 Å². The molecule has 0 aliphatic carbocycles. The Labute approximate surface area is 210 Å². The van der Waals surface area contributed by atoms with E-state index in [1.54, 1.807) is 51.8 Å².